The second-order valence-electron chi connectivity index (χ2n) is 4.57. The zero-order chi connectivity index (χ0) is 14.7. The fraction of sp³-hybridized carbons (Fsp3) is 0.385. The normalized spacial score (nSPS) is 17.8. The maximum Gasteiger partial charge on any atom is 0.339 e. The highest BCUT2D eigenvalue weighted by atomic mass is 32.2. The zero-order valence-electron chi connectivity index (χ0n) is 11.0. The molecular weight excluding hydrogens is 280 g/mol. The number of rotatable bonds is 3. The van der Waals surface area contributed by atoms with Crippen LogP contribution in [0.2, 0.25) is 0 Å². The van der Waals surface area contributed by atoms with Gasteiger partial charge in [-0.2, -0.15) is 11.8 Å². The Bertz CT molecular complexity index is 529. The van der Waals surface area contributed by atoms with Crippen LogP contribution in [0.1, 0.15) is 16.8 Å². The number of anilines is 1. The molecule has 2 rings (SSSR count). The number of urea groups is 1. The second kappa shape index (κ2) is 6.04. The van der Waals surface area contributed by atoms with E-state index in [1.165, 1.54) is 18.2 Å². The van der Waals surface area contributed by atoms with Gasteiger partial charge < -0.3 is 20.4 Å². The van der Waals surface area contributed by atoms with Crippen molar-refractivity contribution in [3.05, 3.63) is 23.8 Å². The molecular formula is C13H16N2O4S. The molecule has 0 spiro atoms. The molecule has 0 bridgehead atoms. The quantitative estimate of drug-likeness (QED) is 0.743. The highest BCUT2D eigenvalue weighted by Crippen LogP contribution is 2.28. The van der Waals surface area contributed by atoms with E-state index in [2.05, 4.69) is 5.32 Å². The number of hydrogen-bond acceptors (Lipinski definition) is 4. The van der Waals surface area contributed by atoms with Gasteiger partial charge in [0.1, 0.15) is 5.56 Å². The van der Waals surface area contributed by atoms with Crippen LogP contribution >= 0.6 is 11.8 Å². The van der Waals surface area contributed by atoms with Gasteiger partial charge in [-0.25, -0.2) is 9.59 Å². The molecule has 6 nitrogen and oxygen atoms in total. The van der Waals surface area contributed by atoms with Crippen molar-refractivity contribution >= 4 is 29.4 Å². The maximum absolute atomic E-state index is 12.1. The van der Waals surface area contributed by atoms with Crippen LogP contribution in [0.5, 0.6) is 5.75 Å². The van der Waals surface area contributed by atoms with Crippen molar-refractivity contribution in [1.82, 2.24) is 4.90 Å². The van der Waals surface area contributed by atoms with Crippen molar-refractivity contribution in [3.8, 4) is 5.75 Å². The molecule has 1 saturated heterocycles. The van der Waals surface area contributed by atoms with E-state index in [1.807, 2.05) is 0 Å². The summed E-state index contributed by atoms with van der Waals surface area (Å²) in [5.41, 5.74) is -0.130. The first kappa shape index (κ1) is 14.5. The van der Waals surface area contributed by atoms with Crippen LogP contribution in [0.4, 0.5) is 10.5 Å². The zero-order valence-corrected chi connectivity index (χ0v) is 11.8. The van der Waals surface area contributed by atoms with E-state index >= 15 is 0 Å². The number of phenols is 1. The number of thioether (sulfide) groups is 1. The number of nitrogens with one attached hydrogen (secondary N) is 1. The second-order valence-corrected chi connectivity index (χ2v) is 5.72. The fourth-order valence-corrected chi connectivity index (χ4v) is 3.28. The average molecular weight is 296 g/mol. The van der Waals surface area contributed by atoms with E-state index in [-0.39, 0.29) is 23.3 Å². The molecule has 0 aliphatic carbocycles. The number of carbonyl (C=O) groups is 2. The lowest BCUT2D eigenvalue weighted by Crippen LogP contribution is -2.39. The molecule has 1 heterocycles. The van der Waals surface area contributed by atoms with Crippen LogP contribution in [-0.2, 0) is 0 Å². The van der Waals surface area contributed by atoms with E-state index in [0.29, 0.717) is 0 Å². The number of carboxylic acid groups (broad SMARTS) is 1. The van der Waals surface area contributed by atoms with Gasteiger partial charge in [0.15, 0.2) is 5.75 Å². The van der Waals surface area contributed by atoms with Crippen LogP contribution in [-0.4, -0.2) is 51.7 Å². The van der Waals surface area contributed by atoms with Crippen molar-refractivity contribution in [2.45, 2.75) is 12.5 Å². The lowest BCUT2D eigenvalue weighted by atomic mass is 10.1. The molecule has 1 aromatic rings. The van der Waals surface area contributed by atoms with Crippen molar-refractivity contribution in [1.29, 1.82) is 0 Å². The molecule has 1 aromatic carbocycles. The van der Waals surface area contributed by atoms with Crippen molar-refractivity contribution < 1.29 is 19.8 Å². The molecule has 7 heteroatoms. The minimum Gasteiger partial charge on any atom is -0.505 e. The predicted octanol–water partition coefficient (Wildman–Crippen LogP) is 2.06. The van der Waals surface area contributed by atoms with Crippen LogP contribution < -0.4 is 5.32 Å². The SMILES string of the molecule is CN(C(=O)Nc1cccc(C(=O)O)c1O)C1CCSC1. The fourth-order valence-electron chi connectivity index (χ4n) is 2.01. The first-order chi connectivity index (χ1) is 9.50. The molecule has 1 fully saturated rings. The van der Waals surface area contributed by atoms with Gasteiger partial charge in [-0.1, -0.05) is 6.07 Å². The van der Waals surface area contributed by atoms with Gasteiger partial charge in [-0.15, -0.1) is 0 Å². The molecule has 0 saturated carbocycles. The van der Waals surface area contributed by atoms with Gasteiger partial charge in [-0.3, -0.25) is 0 Å². The Morgan fingerprint density at radius 3 is 2.80 bits per heavy atom. The Kier molecular flexibility index (Phi) is 4.39. The van der Waals surface area contributed by atoms with Crippen LogP contribution in [0, 0.1) is 0 Å². The summed E-state index contributed by atoms with van der Waals surface area (Å²) < 4.78 is 0. The number of nitrogens with zero attached hydrogens (tertiary/aromatic N) is 1. The van der Waals surface area contributed by atoms with E-state index < -0.39 is 11.7 Å². The molecule has 20 heavy (non-hydrogen) atoms. The van der Waals surface area contributed by atoms with Crippen molar-refractivity contribution in [2.24, 2.45) is 0 Å². The third-order valence-corrected chi connectivity index (χ3v) is 4.43. The summed E-state index contributed by atoms with van der Waals surface area (Å²) in [5, 5.41) is 21.3. The molecule has 0 radical (unpaired) electrons. The maximum atomic E-state index is 12.1. The van der Waals surface area contributed by atoms with E-state index in [4.69, 9.17) is 5.11 Å². The standard InChI is InChI=1S/C13H16N2O4S/c1-15(8-5-6-20-7-8)13(19)14-10-4-2-3-9(11(10)16)12(17)18/h2-4,8,16H,5-7H2,1H3,(H,14,19)(H,17,18). The lowest BCUT2D eigenvalue weighted by molar-refractivity contribution is 0.0693. The summed E-state index contributed by atoms with van der Waals surface area (Å²) in [7, 11) is 1.70. The minimum absolute atomic E-state index is 0.104. The Labute approximate surface area is 120 Å². The molecule has 3 N–H and O–H groups in total. The van der Waals surface area contributed by atoms with Crippen molar-refractivity contribution in [3.63, 3.8) is 0 Å². The van der Waals surface area contributed by atoms with Gasteiger partial charge in [0, 0.05) is 18.8 Å². The summed E-state index contributed by atoms with van der Waals surface area (Å²) in [6.07, 6.45) is 0.940. The van der Waals surface area contributed by atoms with Gasteiger partial charge in [0.2, 0.25) is 0 Å². The monoisotopic (exact) mass is 296 g/mol. The number of hydrogen-bond donors (Lipinski definition) is 3. The Morgan fingerprint density at radius 2 is 2.20 bits per heavy atom. The van der Waals surface area contributed by atoms with Crippen LogP contribution in [0.15, 0.2) is 18.2 Å². The van der Waals surface area contributed by atoms with Gasteiger partial charge in [-0.05, 0) is 24.3 Å². The molecule has 1 aliphatic rings. The number of benzene rings is 1. The van der Waals surface area contributed by atoms with E-state index in [1.54, 1.807) is 23.7 Å². The summed E-state index contributed by atoms with van der Waals surface area (Å²) in [6, 6.07) is 4.05. The molecule has 2 amide bonds. The van der Waals surface area contributed by atoms with Gasteiger partial charge >= 0.3 is 12.0 Å². The van der Waals surface area contributed by atoms with Crippen LogP contribution in [0.25, 0.3) is 0 Å². The summed E-state index contributed by atoms with van der Waals surface area (Å²) in [6.45, 7) is 0. The van der Waals surface area contributed by atoms with Crippen LogP contribution in [0.3, 0.4) is 0 Å². The third kappa shape index (κ3) is 2.98. The third-order valence-electron chi connectivity index (χ3n) is 3.28. The predicted molar refractivity (Wildman–Crippen MR) is 77.6 cm³/mol. The Morgan fingerprint density at radius 1 is 1.45 bits per heavy atom. The smallest absolute Gasteiger partial charge is 0.339 e. The highest BCUT2D eigenvalue weighted by Gasteiger charge is 2.24. The molecule has 1 unspecified atom stereocenters. The Hall–Kier alpha value is -1.89. The van der Waals surface area contributed by atoms with Gasteiger partial charge in [0.05, 0.1) is 5.69 Å². The summed E-state index contributed by atoms with van der Waals surface area (Å²) in [4.78, 5) is 24.6. The molecule has 1 aliphatic heterocycles. The number of aromatic hydroxyl groups is 1. The van der Waals surface area contributed by atoms with Crippen molar-refractivity contribution in [2.75, 3.05) is 23.9 Å². The Balaban J connectivity index is 2.11. The number of para-hydroxylation sites is 1. The number of aromatic carboxylic acids is 1. The largest absolute Gasteiger partial charge is 0.505 e. The molecule has 0 aromatic heterocycles. The molecule has 108 valence electrons. The lowest BCUT2D eigenvalue weighted by Gasteiger charge is -2.24. The topological polar surface area (TPSA) is 89.9 Å². The molecule has 1 atom stereocenters. The van der Waals surface area contributed by atoms with E-state index in [9.17, 15) is 14.7 Å². The van der Waals surface area contributed by atoms with E-state index in [0.717, 1.165) is 17.9 Å². The number of carbonyl (C=O) groups excluding carboxylic acids is 1. The first-order valence-electron chi connectivity index (χ1n) is 6.17. The number of carboxylic acids is 1. The summed E-state index contributed by atoms with van der Waals surface area (Å²) in [5.74, 6) is 0.259. The highest BCUT2D eigenvalue weighted by molar-refractivity contribution is 7.99. The number of amides is 2. The van der Waals surface area contributed by atoms with Gasteiger partial charge in [0.25, 0.3) is 0 Å². The minimum atomic E-state index is -1.24. The average Bonchev–Trinajstić information content (AvgIpc) is 2.93. The first-order valence-corrected chi connectivity index (χ1v) is 7.33. The summed E-state index contributed by atoms with van der Waals surface area (Å²) >= 11 is 1.79.